The van der Waals surface area contributed by atoms with Crippen LogP contribution < -0.4 is 5.73 Å². The SMILES string of the molecule is CC1CCC(C(N)=O)CN1S(=O)(=O)Cl. The van der Waals surface area contributed by atoms with E-state index in [0.717, 1.165) is 4.31 Å². The van der Waals surface area contributed by atoms with E-state index in [1.807, 2.05) is 0 Å². The van der Waals surface area contributed by atoms with Crippen LogP contribution in [0.5, 0.6) is 0 Å². The van der Waals surface area contributed by atoms with Gasteiger partial charge in [-0.25, -0.2) is 0 Å². The molecule has 0 aromatic rings. The minimum atomic E-state index is -3.74. The first-order chi connectivity index (χ1) is 6.32. The van der Waals surface area contributed by atoms with Crippen LogP contribution >= 0.6 is 10.7 Å². The number of nitrogens with two attached hydrogens (primary N) is 1. The quantitative estimate of drug-likeness (QED) is 0.693. The standard InChI is InChI=1S/C7H13ClN2O3S/c1-5-2-3-6(7(9)11)4-10(5)14(8,12)13/h5-6H,2-4H2,1H3,(H2,9,11). The number of halogens is 1. The van der Waals surface area contributed by atoms with Crippen LogP contribution in [0.3, 0.4) is 0 Å². The number of hydrogen-bond donors (Lipinski definition) is 1. The second-order valence-electron chi connectivity index (χ2n) is 3.54. The number of nitrogens with zero attached hydrogens (tertiary/aromatic N) is 1. The fraction of sp³-hybridized carbons (Fsp3) is 0.857. The van der Waals surface area contributed by atoms with Gasteiger partial charge in [-0.15, -0.1) is 0 Å². The molecule has 14 heavy (non-hydrogen) atoms. The molecule has 0 radical (unpaired) electrons. The topological polar surface area (TPSA) is 80.5 Å². The zero-order chi connectivity index (χ0) is 10.9. The average Bonchev–Trinajstić information content (AvgIpc) is 2.02. The third kappa shape index (κ3) is 2.59. The maximum atomic E-state index is 11.1. The van der Waals surface area contributed by atoms with Crippen LogP contribution in [0, 0.1) is 5.92 Å². The molecule has 2 atom stereocenters. The van der Waals surface area contributed by atoms with Gasteiger partial charge in [-0.2, -0.15) is 12.7 Å². The summed E-state index contributed by atoms with van der Waals surface area (Å²) in [6.07, 6.45) is 1.24. The predicted molar refractivity (Wildman–Crippen MR) is 52.9 cm³/mol. The summed E-state index contributed by atoms with van der Waals surface area (Å²) in [5.74, 6) is -0.887. The number of piperidine rings is 1. The molecule has 5 nitrogen and oxygen atoms in total. The second kappa shape index (κ2) is 4.04. The molecule has 0 aliphatic carbocycles. The fourth-order valence-corrected chi connectivity index (χ4v) is 3.08. The summed E-state index contributed by atoms with van der Waals surface area (Å²) < 4.78 is 23.3. The summed E-state index contributed by atoms with van der Waals surface area (Å²) in [6, 6.07) is -0.159. The van der Waals surface area contributed by atoms with Crippen molar-refractivity contribution in [1.29, 1.82) is 0 Å². The smallest absolute Gasteiger partial charge is 0.300 e. The van der Waals surface area contributed by atoms with E-state index in [4.69, 9.17) is 16.4 Å². The molecule has 2 N–H and O–H groups in total. The largest absolute Gasteiger partial charge is 0.369 e. The number of hydrogen-bond acceptors (Lipinski definition) is 3. The van der Waals surface area contributed by atoms with Gasteiger partial charge in [0.2, 0.25) is 5.91 Å². The Morgan fingerprint density at radius 1 is 1.50 bits per heavy atom. The molecular formula is C7H13ClN2O3S. The average molecular weight is 241 g/mol. The molecule has 0 spiro atoms. The lowest BCUT2D eigenvalue weighted by Crippen LogP contribution is -2.46. The van der Waals surface area contributed by atoms with Crippen molar-refractivity contribution in [3.8, 4) is 0 Å². The first kappa shape index (κ1) is 11.7. The van der Waals surface area contributed by atoms with Gasteiger partial charge >= 0.3 is 0 Å². The van der Waals surface area contributed by atoms with Crippen molar-refractivity contribution < 1.29 is 13.2 Å². The van der Waals surface area contributed by atoms with Crippen molar-refractivity contribution in [2.45, 2.75) is 25.8 Å². The van der Waals surface area contributed by atoms with Crippen molar-refractivity contribution >= 4 is 25.8 Å². The molecule has 1 amide bonds. The van der Waals surface area contributed by atoms with Gasteiger partial charge in [0.05, 0.1) is 5.92 Å². The van der Waals surface area contributed by atoms with Crippen LogP contribution in [0.2, 0.25) is 0 Å². The van der Waals surface area contributed by atoms with Gasteiger partial charge in [-0.1, -0.05) is 0 Å². The normalized spacial score (nSPS) is 30.1. The summed E-state index contributed by atoms with van der Waals surface area (Å²) in [6.45, 7) is 1.86. The van der Waals surface area contributed by atoms with Crippen LogP contribution in [0.4, 0.5) is 0 Å². The van der Waals surface area contributed by atoms with Crippen LogP contribution in [0.25, 0.3) is 0 Å². The third-order valence-corrected chi connectivity index (χ3v) is 4.11. The molecule has 0 bridgehead atoms. The summed E-state index contributed by atoms with van der Waals surface area (Å²) in [5, 5.41) is 0. The molecule has 82 valence electrons. The molecule has 7 heteroatoms. The van der Waals surface area contributed by atoms with Crippen molar-refractivity contribution in [2.75, 3.05) is 6.54 Å². The lowest BCUT2D eigenvalue weighted by Gasteiger charge is -2.33. The number of amides is 1. The zero-order valence-electron chi connectivity index (χ0n) is 7.81. The first-order valence-electron chi connectivity index (χ1n) is 4.33. The van der Waals surface area contributed by atoms with Crippen LogP contribution in [0.1, 0.15) is 19.8 Å². The molecule has 1 rings (SSSR count). The number of carbonyl (C=O) groups excluding carboxylic acids is 1. The molecule has 1 fully saturated rings. The van der Waals surface area contributed by atoms with Gasteiger partial charge in [-0.3, -0.25) is 4.79 Å². The van der Waals surface area contributed by atoms with E-state index in [-0.39, 0.29) is 12.6 Å². The van der Waals surface area contributed by atoms with Crippen molar-refractivity contribution in [3.63, 3.8) is 0 Å². The molecular weight excluding hydrogens is 228 g/mol. The van der Waals surface area contributed by atoms with E-state index in [0.29, 0.717) is 12.8 Å². The van der Waals surface area contributed by atoms with Crippen LogP contribution in [-0.2, 0) is 14.0 Å². The van der Waals surface area contributed by atoms with E-state index in [2.05, 4.69) is 0 Å². The first-order valence-corrected chi connectivity index (χ1v) is 6.59. The minimum absolute atomic E-state index is 0.0995. The second-order valence-corrected chi connectivity index (χ2v) is 6.00. The molecule has 1 heterocycles. The van der Waals surface area contributed by atoms with Crippen molar-refractivity contribution in [2.24, 2.45) is 11.7 Å². The highest BCUT2D eigenvalue weighted by Crippen LogP contribution is 2.25. The van der Waals surface area contributed by atoms with E-state index in [9.17, 15) is 13.2 Å². The van der Waals surface area contributed by atoms with Crippen molar-refractivity contribution in [1.82, 2.24) is 4.31 Å². The molecule has 0 aromatic heterocycles. The highest BCUT2D eigenvalue weighted by Gasteiger charge is 2.34. The highest BCUT2D eigenvalue weighted by atomic mass is 35.7. The monoisotopic (exact) mass is 240 g/mol. The molecule has 1 saturated heterocycles. The van der Waals surface area contributed by atoms with Gasteiger partial charge in [0.15, 0.2) is 0 Å². The van der Waals surface area contributed by atoms with E-state index in [1.165, 1.54) is 0 Å². The zero-order valence-corrected chi connectivity index (χ0v) is 9.38. The third-order valence-electron chi connectivity index (χ3n) is 2.51. The summed E-state index contributed by atoms with van der Waals surface area (Å²) in [7, 11) is 1.48. The maximum Gasteiger partial charge on any atom is 0.300 e. The Labute approximate surface area is 87.8 Å². The predicted octanol–water partition coefficient (Wildman–Crippen LogP) is 0.0558. The molecule has 0 saturated carbocycles. The molecule has 1 aliphatic heterocycles. The van der Waals surface area contributed by atoms with Gasteiger partial charge in [0.1, 0.15) is 0 Å². The van der Waals surface area contributed by atoms with Crippen molar-refractivity contribution in [3.05, 3.63) is 0 Å². The van der Waals surface area contributed by atoms with E-state index >= 15 is 0 Å². The van der Waals surface area contributed by atoms with Gasteiger partial charge < -0.3 is 5.73 Å². The van der Waals surface area contributed by atoms with Crippen LogP contribution in [-0.4, -0.2) is 31.2 Å². The number of primary amides is 1. The van der Waals surface area contributed by atoms with Gasteiger partial charge in [0.25, 0.3) is 9.24 Å². The Morgan fingerprint density at radius 2 is 2.07 bits per heavy atom. The van der Waals surface area contributed by atoms with Gasteiger partial charge in [-0.05, 0) is 19.8 Å². The summed E-state index contributed by atoms with van der Waals surface area (Å²) in [5.41, 5.74) is 5.11. The Kier molecular flexibility index (Phi) is 3.39. The molecule has 1 aliphatic rings. The minimum Gasteiger partial charge on any atom is -0.369 e. The lowest BCUT2D eigenvalue weighted by molar-refractivity contribution is -0.123. The summed E-state index contributed by atoms with van der Waals surface area (Å²) >= 11 is 0. The Morgan fingerprint density at radius 3 is 2.50 bits per heavy atom. The van der Waals surface area contributed by atoms with Gasteiger partial charge in [0, 0.05) is 23.3 Å². The fourth-order valence-electron chi connectivity index (χ4n) is 1.61. The lowest BCUT2D eigenvalue weighted by atomic mass is 9.95. The number of rotatable bonds is 2. The number of carbonyl (C=O) groups is 1. The molecule has 0 aromatic carbocycles. The van der Waals surface area contributed by atoms with Crippen LogP contribution in [0.15, 0.2) is 0 Å². The van der Waals surface area contributed by atoms with E-state index in [1.54, 1.807) is 6.92 Å². The maximum absolute atomic E-state index is 11.1. The highest BCUT2D eigenvalue weighted by molar-refractivity contribution is 8.11. The Balaban J connectivity index is 2.80. The Bertz CT molecular complexity index is 330. The summed E-state index contributed by atoms with van der Waals surface area (Å²) in [4.78, 5) is 10.9. The molecule has 2 unspecified atom stereocenters. The van der Waals surface area contributed by atoms with E-state index < -0.39 is 21.1 Å². The Hall–Kier alpha value is -0.330.